The zero-order valence-electron chi connectivity index (χ0n) is 14.8. The minimum absolute atomic E-state index is 0.0499. The van der Waals surface area contributed by atoms with Crippen LogP contribution in [-0.2, 0) is 10.3 Å². The summed E-state index contributed by atoms with van der Waals surface area (Å²) in [4.78, 5) is 11.3. The summed E-state index contributed by atoms with van der Waals surface area (Å²) < 4.78 is 0. The lowest BCUT2D eigenvalue weighted by molar-refractivity contribution is -0.137. The molecule has 0 bridgehead atoms. The van der Waals surface area contributed by atoms with E-state index in [4.69, 9.17) is 0 Å². The summed E-state index contributed by atoms with van der Waals surface area (Å²) >= 11 is 0. The molecule has 1 unspecified atom stereocenters. The predicted octanol–water partition coefficient (Wildman–Crippen LogP) is 4.43. The minimum Gasteiger partial charge on any atom is -0.481 e. The second-order valence-electron chi connectivity index (χ2n) is 6.49. The predicted molar refractivity (Wildman–Crippen MR) is 104 cm³/mol. The van der Waals surface area contributed by atoms with Gasteiger partial charge in [-0.15, -0.1) is 0 Å². The first-order valence-corrected chi connectivity index (χ1v) is 8.79. The average molecular weight is 345 g/mol. The quantitative estimate of drug-likeness (QED) is 0.623. The molecule has 1 atom stereocenters. The SMILES string of the molecule is CC(CC(=O)O)NC(c1ccccc1)(c1ccccc1)c1ccccc1. The number of aliphatic carboxylic acids is 1. The first kappa shape index (κ1) is 17.9. The number of carboxylic acid groups (broad SMARTS) is 1. The van der Waals surface area contributed by atoms with Gasteiger partial charge in [0.2, 0.25) is 0 Å². The topological polar surface area (TPSA) is 49.3 Å². The molecule has 26 heavy (non-hydrogen) atoms. The van der Waals surface area contributed by atoms with E-state index in [2.05, 4.69) is 41.7 Å². The number of carboxylic acids is 1. The van der Waals surface area contributed by atoms with Crippen LogP contribution in [0.1, 0.15) is 30.0 Å². The number of hydrogen-bond donors (Lipinski definition) is 2. The van der Waals surface area contributed by atoms with E-state index >= 15 is 0 Å². The van der Waals surface area contributed by atoms with E-state index in [1.165, 1.54) is 0 Å². The molecule has 3 aromatic rings. The molecule has 3 aromatic carbocycles. The Balaban J connectivity index is 2.23. The molecule has 132 valence electrons. The van der Waals surface area contributed by atoms with Gasteiger partial charge in [0.1, 0.15) is 0 Å². The molecular formula is C23H23NO2. The van der Waals surface area contributed by atoms with Crippen LogP contribution >= 0.6 is 0 Å². The number of nitrogens with one attached hydrogen (secondary N) is 1. The van der Waals surface area contributed by atoms with Gasteiger partial charge >= 0.3 is 5.97 Å². The lowest BCUT2D eigenvalue weighted by atomic mass is 9.76. The normalized spacial score (nSPS) is 12.5. The van der Waals surface area contributed by atoms with Crippen LogP contribution in [0.2, 0.25) is 0 Å². The summed E-state index contributed by atoms with van der Waals surface area (Å²) in [5.74, 6) is -0.812. The highest BCUT2D eigenvalue weighted by Crippen LogP contribution is 2.37. The molecular weight excluding hydrogens is 322 g/mol. The van der Waals surface area contributed by atoms with Crippen LogP contribution in [0, 0.1) is 0 Å². The van der Waals surface area contributed by atoms with Gasteiger partial charge in [0.25, 0.3) is 0 Å². The summed E-state index contributed by atoms with van der Waals surface area (Å²) in [5.41, 5.74) is 2.61. The maximum absolute atomic E-state index is 11.3. The maximum Gasteiger partial charge on any atom is 0.304 e. The Morgan fingerprint density at radius 2 is 1.15 bits per heavy atom. The first-order chi connectivity index (χ1) is 12.6. The molecule has 2 N–H and O–H groups in total. The lowest BCUT2D eigenvalue weighted by Crippen LogP contribution is -2.49. The van der Waals surface area contributed by atoms with Gasteiger partial charge < -0.3 is 5.11 Å². The van der Waals surface area contributed by atoms with Gasteiger partial charge in [-0.05, 0) is 23.6 Å². The summed E-state index contributed by atoms with van der Waals surface area (Å²) in [6, 6.07) is 30.3. The van der Waals surface area contributed by atoms with Crippen LogP contribution < -0.4 is 5.32 Å². The second-order valence-corrected chi connectivity index (χ2v) is 6.49. The van der Waals surface area contributed by atoms with Gasteiger partial charge in [0, 0.05) is 6.04 Å². The monoisotopic (exact) mass is 345 g/mol. The van der Waals surface area contributed by atoms with E-state index in [0.717, 1.165) is 16.7 Å². The smallest absolute Gasteiger partial charge is 0.304 e. The Hall–Kier alpha value is -2.91. The Morgan fingerprint density at radius 1 is 0.808 bits per heavy atom. The van der Waals surface area contributed by atoms with Crippen molar-refractivity contribution in [2.24, 2.45) is 0 Å². The molecule has 3 heteroatoms. The second kappa shape index (κ2) is 7.98. The summed E-state index contributed by atoms with van der Waals surface area (Å²) in [7, 11) is 0. The molecule has 0 spiro atoms. The maximum atomic E-state index is 11.3. The fourth-order valence-corrected chi connectivity index (χ4v) is 3.50. The van der Waals surface area contributed by atoms with Gasteiger partial charge in [0.15, 0.2) is 0 Å². The molecule has 0 amide bonds. The summed E-state index contributed by atoms with van der Waals surface area (Å²) in [5, 5.41) is 12.9. The van der Waals surface area contributed by atoms with Gasteiger partial charge in [-0.1, -0.05) is 91.0 Å². The van der Waals surface area contributed by atoms with Crippen LogP contribution in [0.15, 0.2) is 91.0 Å². The minimum atomic E-state index is -0.812. The van der Waals surface area contributed by atoms with Gasteiger partial charge in [-0.2, -0.15) is 0 Å². The number of benzene rings is 3. The first-order valence-electron chi connectivity index (χ1n) is 8.79. The molecule has 0 aliphatic carbocycles. The Bertz CT molecular complexity index is 735. The van der Waals surface area contributed by atoms with Crippen molar-refractivity contribution in [1.29, 1.82) is 0 Å². The molecule has 0 heterocycles. The Morgan fingerprint density at radius 3 is 1.46 bits per heavy atom. The van der Waals surface area contributed by atoms with Gasteiger partial charge in [-0.3, -0.25) is 10.1 Å². The van der Waals surface area contributed by atoms with Crippen molar-refractivity contribution in [1.82, 2.24) is 5.32 Å². The average Bonchev–Trinajstić information content (AvgIpc) is 2.67. The van der Waals surface area contributed by atoms with Crippen LogP contribution in [0.4, 0.5) is 0 Å². The zero-order valence-corrected chi connectivity index (χ0v) is 14.8. The molecule has 0 aromatic heterocycles. The van der Waals surface area contributed by atoms with Crippen molar-refractivity contribution in [2.75, 3.05) is 0 Å². The van der Waals surface area contributed by atoms with Crippen LogP contribution in [0.3, 0.4) is 0 Å². The van der Waals surface area contributed by atoms with Crippen LogP contribution in [0.25, 0.3) is 0 Å². The van der Waals surface area contributed by atoms with Crippen molar-refractivity contribution < 1.29 is 9.90 Å². The molecule has 0 saturated heterocycles. The van der Waals surface area contributed by atoms with Crippen LogP contribution in [0.5, 0.6) is 0 Å². The zero-order chi connectivity index (χ0) is 18.4. The third-order valence-corrected chi connectivity index (χ3v) is 4.56. The van der Waals surface area contributed by atoms with Crippen LogP contribution in [-0.4, -0.2) is 17.1 Å². The number of hydrogen-bond acceptors (Lipinski definition) is 2. The van der Waals surface area contributed by atoms with Crippen molar-refractivity contribution >= 4 is 5.97 Å². The molecule has 0 fully saturated rings. The molecule has 3 rings (SSSR count). The van der Waals surface area contributed by atoms with E-state index in [1.54, 1.807) is 0 Å². The summed E-state index contributed by atoms with van der Waals surface area (Å²) in [6.45, 7) is 1.91. The highest BCUT2D eigenvalue weighted by Gasteiger charge is 2.37. The van der Waals surface area contributed by atoms with Gasteiger partial charge in [-0.25, -0.2) is 0 Å². The van der Waals surface area contributed by atoms with E-state index in [-0.39, 0.29) is 12.5 Å². The van der Waals surface area contributed by atoms with E-state index < -0.39 is 11.5 Å². The van der Waals surface area contributed by atoms with Crippen molar-refractivity contribution in [3.8, 4) is 0 Å². The molecule has 0 aliphatic rings. The van der Waals surface area contributed by atoms with E-state index in [9.17, 15) is 9.90 Å². The number of rotatable bonds is 7. The highest BCUT2D eigenvalue weighted by molar-refractivity contribution is 5.67. The highest BCUT2D eigenvalue weighted by atomic mass is 16.4. The Kier molecular flexibility index (Phi) is 5.49. The van der Waals surface area contributed by atoms with Crippen molar-refractivity contribution in [2.45, 2.75) is 24.9 Å². The molecule has 0 radical (unpaired) electrons. The third-order valence-electron chi connectivity index (χ3n) is 4.56. The van der Waals surface area contributed by atoms with E-state index in [1.807, 2.05) is 61.5 Å². The number of carbonyl (C=O) groups is 1. The summed E-state index contributed by atoms with van der Waals surface area (Å²) in [6.07, 6.45) is 0.0499. The standard InChI is InChI=1S/C23H23NO2/c1-18(17-22(25)26)24-23(19-11-5-2-6-12-19,20-13-7-3-8-14-20)21-15-9-4-10-16-21/h2-16,18,24H,17H2,1H3,(H,25,26). The molecule has 0 saturated carbocycles. The molecule has 3 nitrogen and oxygen atoms in total. The lowest BCUT2D eigenvalue weighted by Gasteiger charge is -2.39. The molecule has 0 aliphatic heterocycles. The Labute approximate surface area is 154 Å². The van der Waals surface area contributed by atoms with Gasteiger partial charge in [0.05, 0.1) is 12.0 Å². The van der Waals surface area contributed by atoms with E-state index in [0.29, 0.717) is 0 Å². The van der Waals surface area contributed by atoms with Crippen molar-refractivity contribution in [3.05, 3.63) is 108 Å². The third kappa shape index (κ3) is 3.68. The fraction of sp³-hybridized carbons (Fsp3) is 0.174. The largest absolute Gasteiger partial charge is 0.481 e. The fourth-order valence-electron chi connectivity index (χ4n) is 3.50. The van der Waals surface area contributed by atoms with Crippen molar-refractivity contribution in [3.63, 3.8) is 0 Å².